The standard InChI is InChI=1S/C15H12ClF3N3O2.C11H12ClN3O.C10H10ClNOS.C9H6ClNOS.C8H8ClNO/c1-8(23)10-6-9(2-3-11(10)16)22-13(24)7-12(15(17,18)19)21-5-4-20-14(21)22;1-7(16)9-6-8(2-3-10(9)12)15-11-13-4-5-14-11;1-6(13)9-5-8(12-7(2)14)3-4-10(9)11;1-6(12)8-4-7(11-5-13)2-3-9(8)10;1-5(11)7-4-6(10)2-3-8(7)9/h2-3,6H,4-5,7H2,1H3;2-3,6H,4-5H2,1H3,(H2,13,14,15);3-5H,1-2H3,(H,12,14);2-4H,1H3;2-4H,10H2,1H3/q+1;;;;. The molecule has 0 spiro atoms. The second kappa shape index (κ2) is 29.3. The van der Waals surface area contributed by atoms with E-state index in [1.807, 2.05) is 6.07 Å². The fourth-order valence-electron chi connectivity index (χ4n) is 7.03. The molecule has 3 aliphatic rings. The molecule has 1 amide bonds. The first-order valence-electron chi connectivity index (χ1n) is 22.9. The molecule has 8 rings (SSSR count). The summed E-state index contributed by atoms with van der Waals surface area (Å²) in [5, 5.41) is 13.4. The summed E-state index contributed by atoms with van der Waals surface area (Å²) in [6.45, 7) is 10.8. The molecule has 5 aromatic carbocycles. The minimum Gasteiger partial charge on any atom is -0.399 e. The number of ketones is 5. The van der Waals surface area contributed by atoms with Crippen LogP contribution in [-0.4, -0.2) is 99.5 Å². The number of rotatable bonds is 9. The Balaban J connectivity index is 0.000000217. The van der Waals surface area contributed by atoms with Gasteiger partial charge in [-0.1, -0.05) is 70.2 Å². The van der Waals surface area contributed by atoms with E-state index in [0.29, 0.717) is 58.7 Å². The van der Waals surface area contributed by atoms with Crippen molar-refractivity contribution >= 4 is 173 Å². The summed E-state index contributed by atoms with van der Waals surface area (Å²) < 4.78 is 40.4. The molecule has 0 saturated carbocycles. The number of nitrogens with zero attached hydrogens (tertiary/aromatic N) is 5. The molecule has 5 N–H and O–H groups in total. The molecule has 408 valence electrons. The minimum atomic E-state index is -4.60. The van der Waals surface area contributed by atoms with Gasteiger partial charge in [-0.05, 0) is 145 Å². The number of anilines is 4. The number of thiocarbonyl (C=S) groups is 2. The van der Waals surface area contributed by atoms with Crippen molar-refractivity contribution in [3.8, 4) is 0 Å². The van der Waals surface area contributed by atoms with Crippen LogP contribution >= 0.6 is 82.4 Å². The third-order valence-electron chi connectivity index (χ3n) is 10.6. The van der Waals surface area contributed by atoms with E-state index in [0.717, 1.165) is 39.9 Å². The number of Topliss-reactive ketones (excluding diaryl/α,β-unsaturated/α-hetero) is 5. The summed E-state index contributed by atoms with van der Waals surface area (Å²) in [7, 11) is 0. The van der Waals surface area contributed by atoms with Crippen molar-refractivity contribution in [3.63, 3.8) is 0 Å². The average molecular weight is 1210 g/mol. The Hall–Kier alpha value is -6.74. The predicted octanol–water partition coefficient (Wildman–Crippen LogP) is 13.3. The van der Waals surface area contributed by atoms with Crippen LogP contribution in [0.1, 0.15) is 99.8 Å². The molecule has 0 fully saturated rings. The van der Waals surface area contributed by atoms with Gasteiger partial charge in [-0.2, -0.15) is 23.1 Å². The van der Waals surface area contributed by atoms with Crippen molar-refractivity contribution in [1.29, 1.82) is 0 Å². The Kier molecular flexibility index (Phi) is 24.0. The first-order chi connectivity index (χ1) is 36.6. The number of carbonyl (C=O) groups is 6. The number of carbonyl (C=O) groups excluding carboxylic acids is 6. The Morgan fingerprint density at radius 3 is 1.64 bits per heavy atom. The van der Waals surface area contributed by atoms with Gasteiger partial charge >= 0.3 is 12.1 Å². The zero-order chi connectivity index (χ0) is 58.2. The third-order valence-corrected chi connectivity index (χ3v) is 12.5. The lowest BCUT2D eigenvalue weighted by atomic mass is 10.1. The van der Waals surface area contributed by atoms with Crippen LogP contribution in [0.3, 0.4) is 0 Å². The molecule has 0 radical (unpaired) electrons. The molecule has 0 bridgehead atoms. The van der Waals surface area contributed by atoms with Crippen molar-refractivity contribution in [2.24, 2.45) is 15.0 Å². The van der Waals surface area contributed by atoms with Crippen molar-refractivity contribution in [1.82, 2.24) is 5.32 Å². The summed E-state index contributed by atoms with van der Waals surface area (Å²) >= 11 is 38.5. The molecular formula is C53H48Cl5F3N9O6S2+. The number of aliphatic imine (C=N–C) groups is 3. The van der Waals surface area contributed by atoms with E-state index in [2.05, 4.69) is 48.3 Å². The van der Waals surface area contributed by atoms with E-state index in [4.69, 9.17) is 76.0 Å². The molecular weight excluding hydrogens is 1160 g/mol. The number of guanidine groups is 2. The van der Waals surface area contributed by atoms with Gasteiger partial charge in [0, 0.05) is 51.4 Å². The Morgan fingerprint density at radius 1 is 0.679 bits per heavy atom. The quantitative estimate of drug-likeness (QED) is 0.0357. The van der Waals surface area contributed by atoms with E-state index < -0.39 is 24.2 Å². The first-order valence-corrected chi connectivity index (χ1v) is 25.6. The number of halogens is 8. The highest BCUT2D eigenvalue weighted by Gasteiger charge is 2.51. The van der Waals surface area contributed by atoms with Crippen molar-refractivity contribution in [2.45, 2.75) is 54.1 Å². The number of nitrogen functional groups attached to an aromatic ring is 1. The van der Waals surface area contributed by atoms with Gasteiger partial charge in [-0.25, -0.2) is 4.58 Å². The van der Waals surface area contributed by atoms with Crippen LogP contribution in [-0.2, 0) is 4.79 Å². The predicted molar refractivity (Wildman–Crippen MR) is 313 cm³/mol. The highest BCUT2D eigenvalue weighted by molar-refractivity contribution is 7.80. The zero-order valence-corrected chi connectivity index (χ0v) is 47.7. The van der Waals surface area contributed by atoms with Crippen molar-refractivity contribution in [2.75, 3.05) is 47.4 Å². The molecule has 0 aromatic heterocycles. The number of benzene rings is 5. The van der Waals surface area contributed by atoms with Gasteiger partial charge < -0.3 is 21.7 Å². The van der Waals surface area contributed by atoms with Crippen LogP contribution in [0.4, 0.5) is 41.6 Å². The Bertz CT molecular complexity index is 3350. The Morgan fingerprint density at radius 2 is 1.15 bits per heavy atom. The Labute approximate surface area is 482 Å². The van der Waals surface area contributed by atoms with Gasteiger partial charge in [0.15, 0.2) is 40.6 Å². The topological polar surface area (TPSA) is 208 Å². The lowest BCUT2D eigenvalue weighted by Crippen LogP contribution is -2.53. The number of hydrogen-bond donors (Lipinski definition) is 4. The summed E-state index contributed by atoms with van der Waals surface area (Å²) in [4.78, 5) is 82.1. The molecule has 78 heavy (non-hydrogen) atoms. The molecule has 0 aliphatic carbocycles. The minimum absolute atomic E-state index is 0.0463. The molecule has 3 aliphatic heterocycles. The molecule has 15 nitrogen and oxygen atoms in total. The largest absolute Gasteiger partial charge is 0.442 e. The van der Waals surface area contributed by atoms with Gasteiger partial charge in [0.1, 0.15) is 25.2 Å². The summed E-state index contributed by atoms with van der Waals surface area (Å²) in [6.07, 6.45) is -5.38. The monoisotopic (exact) mass is 1200 g/mol. The van der Waals surface area contributed by atoms with Crippen molar-refractivity contribution in [3.05, 3.63) is 144 Å². The number of alkyl halides is 3. The maximum Gasteiger partial charge on any atom is 0.442 e. The number of nitrogens with two attached hydrogens (primary N) is 1. The van der Waals surface area contributed by atoms with Crippen LogP contribution in [0.25, 0.3) is 0 Å². The van der Waals surface area contributed by atoms with Crippen LogP contribution in [0.5, 0.6) is 0 Å². The number of hydrogen-bond acceptors (Lipinski definition) is 14. The van der Waals surface area contributed by atoms with E-state index in [-0.39, 0.29) is 64.2 Å². The SMILES string of the molecule is CC(=O)c1cc(N)ccc1Cl.CC(=O)c1cc(N2C(=O)CC(C(F)(F)F)=[N+]3CCN=C23)ccc1Cl.CC(=O)c1cc(N=C=S)ccc1Cl.CC(=O)c1cc(NC(C)=S)ccc1Cl.CC(=O)c1cc(NC2=NCCN2)ccc1Cl. The summed E-state index contributed by atoms with van der Waals surface area (Å²) in [5.74, 6) is -0.660. The fraction of sp³-hybridized carbons (Fsp3) is 0.226. The number of nitrogens with one attached hydrogen (secondary N) is 3. The molecule has 0 atom stereocenters. The second-order valence-electron chi connectivity index (χ2n) is 16.6. The fourth-order valence-corrected chi connectivity index (χ4v) is 8.51. The number of fused-ring (bicyclic) bond motifs is 1. The first kappa shape index (κ1) is 63.8. The third kappa shape index (κ3) is 18.4. The van der Waals surface area contributed by atoms with Gasteiger partial charge in [0.25, 0.3) is 5.91 Å². The molecule has 5 aromatic rings. The number of amides is 1. The van der Waals surface area contributed by atoms with Crippen LogP contribution in [0, 0.1) is 0 Å². The van der Waals surface area contributed by atoms with E-state index in [9.17, 15) is 41.9 Å². The van der Waals surface area contributed by atoms with Gasteiger partial charge in [0.05, 0.1) is 47.5 Å². The van der Waals surface area contributed by atoms with Crippen LogP contribution in [0.15, 0.2) is 106 Å². The second-order valence-corrected chi connectivity index (χ2v) is 19.4. The lowest BCUT2D eigenvalue weighted by molar-refractivity contribution is -0.410. The highest BCUT2D eigenvalue weighted by atomic mass is 35.5. The van der Waals surface area contributed by atoms with Crippen LogP contribution < -0.4 is 26.6 Å². The maximum absolute atomic E-state index is 13.1. The summed E-state index contributed by atoms with van der Waals surface area (Å²) in [6, 6.07) is 24.4. The van der Waals surface area contributed by atoms with E-state index in [1.54, 1.807) is 73.7 Å². The van der Waals surface area contributed by atoms with Gasteiger partial charge in [0.2, 0.25) is 0 Å². The normalized spacial score (nSPS) is 13.1. The van der Waals surface area contributed by atoms with Crippen molar-refractivity contribution < 1.29 is 46.5 Å². The molecule has 25 heteroatoms. The zero-order valence-electron chi connectivity index (χ0n) is 42.3. The highest BCUT2D eigenvalue weighted by Crippen LogP contribution is 2.31. The number of isothiocyanates is 1. The molecule has 3 heterocycles. The maximum atomic E-state index is 13.1. The summed E-state index contributed by atoms with van der Waals surface area (Å²) in [5.41, 5.74) is 9.69. The van der Waals surface area contributed by atoms with Gasteiger partial charge in [-0.3, -0.25) is 33.8 Å². The average Bonchev–Trinajstić information content (AvgIpc) is 4.13. The van der Waals surface area contributed by atoms with E-state index in [1.165, 1.54) is 52.8 Å². The van der Waals surface area contributed by atoms with Crippen LogP contribution in [0.2, 0.25) is 25.1 Å². The molecule has 0 saturated heterocycles. The molecule has 0 unspecified atom stereocenters. The van der Waals surface area contributed by atoms with Gasteiger partial charge in [-0.15, -0.1) is 4.99 Å². The lowest BCUT2D eigenvalue weighted by Gasteiger charge is -2.24. The van der Waals surface area contributed by atoms with E-state index >= 15 is 0 Å². The smallest absolute Gasteiger partial charge is 0.399 e.